The van der Waals surface area contributed by atoms with Gasteiger partial charge in [-0.25, -0.2) is 4.98 Å². The van der Waals surface area contributed by atoms with Gasteiger partial charge in [0.05, 0.1) is 10.6 Å². The largest absolute Gasteiger partial charge is 0.334 e. The number of rotatable bonds is 6. The maximum absolute atomic E-state index is 4.49. The summed E-state index contributed by atoms with van der Waals surface area (Å²) in [5, 5.41) is 7.64. The molecule has 1 atom stereocenters. The van der Waals surface area contributed by atoms with Crippen molar-refractivity contribution >= 4 is 11.5 Å². The van der Waals surface area contributed by atoms with E-state index >= 15 is 0 Å². The van der Waals surface area contributed by atoms with E-state index in [2.05, 4.69) is 38.3 Å². The Morgan fingerprint density at radius 3 is 2.89 bits per heavy atom. The fraction of sp³-hybridized carbons (Fsp3) is 0.583. The predicted molar refractivity (Wildman–Crippen MR) is 72.7 cm³/mol. The average Bonchev–Trinajstić information content (AvgIpc) is 2.99. The summed E-state index contributed by atoms with van der Waals surface area (Å²) in [6, 6.07) is 0.0971. The van der Waals surface area contributed by atoms with Crippen LogP contribution >= 0.6 is 11.5 Å². The van der Waals surface area contributed by atoms with Gasteiger partial charge in [0.2, 0.25) is 0 Å². The number of hydrogen-bond acceptors (Lipinski definition) is 5. The summed E-state index contributed by atoms with van der Waals surface area (Å²) in [5.74, 6) is 1.04. The van der Waals surface area contributed by atoms with E-state index in [0.29, 0.717) is 0 Å². The lowest BCUT2D eigenvalue weighted by Crippen LogP contribution is -2.26. The van der Waals surface area contributed by atoms with Crippen molar-refractivity contribution in [2.75, 3.05) is 6.54 Å². The Bertz CT molecular complexity index is 490. The van der Waals surface area contributed by atoms with E-state index in [1.165, 1.54) is 11.5 Å². The van der Waals surface area contributed by atoms with Gasteiger partial charge in [-0.2, -0.15) is 0 Å². The highest BCUT2D eigenvalue weighted by molar-refractivity contribution is 7.05. The molecule has 18 heavy (non-hydrogen) atoms. The van der Waals surface area contributed by atoms with Gasteiger partial charge < -0.3 is 9.88 Å². The van der Waals surface area contributed by atoms with Gasteiger partial charge in [-0.15, -0.1) is 5.10 Å². The molecule has 2 rings (SSSR count). The molecule has 0 saturated carbocycles. The van der Waals surface area contributed by atoms with E-state index in [-0.39, 0.29) is 6.04 Å². The van der Waals surface area contributed by atoms with Crippen LogP contribution in [0.3, 0.4) is 0 Å². The van der Waals surface area contributed by atoms with Crippen LogP contribution in [0.5, 0.6) is 0 Å². The third-order valence-electron chi connectivity index (χ3n) is 2.89. The molecule has 0 bridgehead atoms. The zero-order chi connectivity index (χ0) is 13.0. The average molecular weight is 265 g/mol. The number of aryl methyl sites for hydroxylation is 2. The van der Waals surface area contributed by atoms with E-state index in [1.807, 2.05) is 19.3 Å². The maximum Gasteiger partial charge on any atom is 0.131 e. The molecule has 0 aliphatic heterocycles. The van der Waals surface area contributed by atoms with Crippen molar-refractivity contribution in [1.82, 2.24) is 24.5 Å². The van der Waals surface area contributed by atoms with Gasteiger partial charge in [-0.3, -0.25) is 0 Å². The molecular weight excluding hydrogens is 246 g/mol. The SMILES string of the molecule is CCCNC(c1snnc1C)c1nccn1CC. The van der Waals surface area contributed by atoms with Crippen LogP contribution in [0.1, 0.15) is 42.7 Å². The summed E-state index contributed by atoms with van der Waals surface area (Å²) in [5.41, 5.74) is 0.985. The van der Waals surface area contributed by atoms with Crippen LogP contribution < -0.4 is 5.32 Å². The first-order valence-electron chi connectivity index (χ1n) is 6.31. The lowest BCUT2D eigenvalue weighted by molar-refractivity contribution is 0.545. The quantitative estimate of drug-likeness (QED) is 0.869. The molecule has 1 N–H and O–H groups in total. The van der Waals surface area contributed by atoms with Crippen molar-refractivity contribution in [2.45, 2.75) is 39.8 Å². The Labute approximate surface area is 111 Å². The first-order chi connectivity index (χ1) is 8.77. The predicted octanol–water partition coefficient (Wildman–Crippen LogP) is 2.15. The van der Waals surface area contributed by atoms with E-state index in [0.717, 1.165) is 35.9 Å². The Balaban J connectivity index is 2.34. The van der Waals surface area contributed by atoms with Crippen molar-refractivity contribution < 1.29 is 0 Å². The number of hydrogen-bond donors (Lipinski definition) is 1. The molecule has 2 aromatic heterocycles. The fourth-order valence-corrected chi connectivity index (χ4v) is 2.66. The summed E-state index contributed by atoms with van der Waals surface area (Å²) in [6.07, 6.45) is 4.96. The smallest absolute Gasteiger partial charge is 0.131 e. The Hall–Kier alpha value is -1.27. The minimum atomic E-state index is 0.0971. The molecule has 0 aliphatic carbocycles. The highest BCUT2D eigenvalue weighted by Crippen LogP contribution is 2.25. The van der Waals surface area contributed by atoms with Gasteiger partial charge in [0, 0.05) is 18.9 Å². The van der Waals surface area contributed by atoms with Crippen molar-refractivity contribution in [1.29, 1.82) is 0 Å². The molecule has 0 radical (unpaired) electrons. The molecule has 1 unspecified atom stereocenters. The monoisotopic (exact) mass is 265 g/mol. The zero-order valence-electron chi connectivity index (χ0n) is 11.1. The Kier molecular flexibility index (Phi) is 4.43. The highest BCUT2D eigenvalue weighted by Gasteiger charge is 2.22. The van der Waals surface area contributed by atoms with Crippen LogP contribution in [0.25, 0.3) is 0 Å². The van der Waals surface area contributed by atoms with Crippen molar-refractivity contribution in [3.8, 4) is 0 Å². The minimum Gasteiger partial charge on any atom is -0.334 e. The Morgan fingerprint density at radius 1 is 1.44 bits per heavy atom. The second-order valence-corrected chi connectivity index (χ2v) is 4.97. The third kappa shape index (κ3) is 2.59. The highest BCUT2D eigenvalue weighted by atomic mass is 32.1. The first-order valence-corrected chi connectivity index (χ1v) is 7.08. The zero-order valence-corrected chi connectivity index (χ0v) is 11.9. The molecule has 98 valence electrons. The van der Waals surface area contributed by atoms with Gasteiger partial charge in [0.1, 0.15) is 11.9 Å². The summed E-state index contributed by atoms with van der Waals surface area (Å²) in [6.45, 7) is 8.16. The normalized spacial score (nSPS) is 12.8. The summed E-state index contributed by atoms with van der Waals surface area (Å²) < 4.78 is 6.19. The van der Waals surface area contributed by atoms with Crippen LogP contribution in [0.4, 0.5) is 0 Å². The van der Waals surface area contributed by atoms with Crippen molar-refractivity contribution in [3.63, 3.8) is 0 Å². The van der Waals surface area contributed by atoms with Crippen LogP contribution in [-0.2, 0) is 6.54 Å². The van der Waals surface area contributed by atoms with Gasteiger partial charge in [0.25, 0.3) is 0 Å². The second-order valence-electron chi connectivity index (χ2n) is 4.18. The standard InChI is InChI=1S/C12H19N5S/c1-4-6-13-10(11-9(3)15-16-18-11)12-14-7-8-17(12)5-2/h7-8,10,13H,4-6H2,1-3H3. The van der Waals surface area contributed by atoms with Crippen LogP contribution in [0.15, 0.2) is 12.4 Å². The molecule has 6 heteroatoms. The van der Waals surface area contributed by atoms with Gasteiger partial charge in [-0.05, 0) is 38.3 Å². The summed E-state index contributed by atoms with van der Waals surface area (Å²) >= 11 is 1.45. The molecule has 2 aromatic rings. The Morgan fingerprint density at radius 2 is 2.28 bits per heavy atom. The molecule has 0 fully saturated rings. The lowest BCUT2D eigenvalue weighted by Gasteiger charge is -2.17. The second kappa shape index (κ2) is 6.06. The molecular formula is C12H19N5S. The van der Waals surface area contributed by atoms with Gasteiger partial charge >= 0.3 is 0 Å². The van der Waals surface area contributed by atoms with Gasteiger partial charge in [-0.1, -0.05) is 11.4 Å². The molecule has 5 nitrogen and oxygen atoms in total. The van der Waals surface area contributed by atoms with Crippen LogP contribution in [-0.4, -0.2) is 25.7 Å². The first kappa shape index (κ1) is 13.2. The number of imidazole rings is 1. The van der Waals surface area contributed by atoms with E-state index in [9.17, 15) is 0 Å². The number of nitrogens with zero attached hydrogens (tertiary/aromatic N) is 4. The minimum absolute atomic E-state index is 0.0971. The van der Waals surface area contributed by atoms with Crippen molar-refractivity contribution in [2.24, 2.45) is 0 Å². The van der Waals surface area contributed by atoms with Crippen molar-refractivity contribution in [3.05, 3.63) is 28.8 Å². The summed E-state index contributed by atoms with van der Waals surface area (Å²) in [4.78, 5) is 5.65. The molecule has 2 heterocycles. The molecule has 0 saturated heterocycles. The number of nitrogens with one attached hydrogen (secondary N) is 1. The maximum atomic E-state index is 4.49. The molecule has 0 aliphatic rings. The van der Waals surface area contributed by atoms with E-state index < -0.39 is 0 Å². The molecule has 0 spiro atoms. The lowest BCUT2D eigenvalue weighted by atomic mass is 10.2. The van der Waals surface area contributed by atoms with E-state index in [1.54, 1.807) is 0 Å². The van der Waals surface area contributed by atoms with E-state index in [4.69, 9.17) is 0 Å². The van der Waals surface area contributed by atoms with Crippen LogP contribution in [0, 0.1) is 6.92 Å². The summed E-state index contributed by atoms with van der Waals surface area (Å²) in [7, 11) is 0. The number of aromatic nitrogens is 4. The molecule has 0 aromatic carbocycles. The third-order valence-corrected chi connectivity index (χ3v) is 3.78. The molecule has 0 amide bonds. The topological polar surface area (TPSA) is 55.6 Å². The van der Waals surface area contributed by atoms with Gasteiger partial charge in [0.15, 0.2) is 0 Å². The fourth-order valence-electron chi connectivity index (χ4n) is 1.94. The van der Waals surface area contributed by atoms with Crippen LogP contribution in [0.2, 0.25) is 0 Å².